The second-order valence-corrected chi connectivity index (χ2v) is 9.66. The normalized spacial score (nSPS) is 12.6. The van der Waals surface area contributed by atoms with Crippen LogP contribution in [0.25, 0.3) is 0 Å². The van der Waals surface area contributed by atoms with Gasteiger partial charge in [-0.25, -0.2) is 17.0 Å². The molecule has 1 heterocycles. The minimum absolute atomic E-state index is 0.0350. The summed E-state index contributed by atoms with van der Waals surface area (Å²) in [5.41, 5.74) is 0.906. The maximum Gasteiger partial charge on any atom is 0.291 e. The number of halogens is 2. The summed E-state index contributed by atoms with van der Waals surface area (Å²) in [4.78, 5) is 12.5. The van der Waals surface area contributed by atoms with Gasteiger partial charge in [0.1, 0.15) is 0 Å². The molecule has 0 fully saturated rings. The van der Waals surface area contributed by atoms with Gasteiger partial charge in [-0.3, -0.25) is 13.9 Å². The minimum Gasteiger partial charge on any atom is -0.459 e. The van der Waals surface area contributed by atoms with E-state index >= 15 is 0 Å². The molecule has 1 amide bonds. The molecule has 0 radical (unpaired) electrons. The summed E-state index contributed by atoms with van der Waals surface area (Å²) in [7, 11) is 0. The zero-order chi connectivity index (χ0) is 25.8. The molecule has 0 bridgehead atoms. The lowest BCUT2D eigenvalue weighted by Gasteiger charge is -2.28. The Hall–Kier alpha value is -3.19. The van der Waals surface area contributed by atoms with Crippen molar-refractivity contribution in [3.8, 4) is 0 Å². The van der Waals surface area contributed by atoms with E-state index in [0.717, 1.165) is 8.61 Å². The second kappa shape index (κ2) is 11.2. The Bertz CT molecular complexity index is 1420. The smallest absolute Gasteiger partial charge is 0.291 e. The van der Waals surface area contributed by atoms with E-state index in [1.165, 1.54) is 79.1 Å². The molecule has 36 heavy (non-hydrogen) atoms. The van der Waals surface area contributed by atoms with Crippen LogP contribution in [-0.4, -0.2) is 23.4 Å². The van der Waals surface area contributed by atoms with Gasteiger partial charge in [-0.2, -0.15) is 0 Å². The molecule has 186 valence electrons. The molecule has 4 rings (SSSR count). The van der Waals surface area contributed by atoms with Gasteiger partial charge in [0.05, 0.1) is 29.0 Å². The van der Waals surface area contributed by atoms with Gasteiger partial charge in [0, 0.05) is 15.7 Å². The molecule has 0 aliphatic carbocycles. The summed E-state index contributed by atoms with van der Waals surface area (Å²) in [6.07, 6.45) is 1.35. The first-order chi connectivity index (χ1) is 17.2. The fraction of sp³-hybridized carbons (Fsp3) is 0. The SMILES string of the molecule is O=C(Nc1ccc(N(c2ccc(Cl)cc2)S(=O)O)c(N(c2ccc(Cl)cc2)S(=O)O)c1)c1ccco1. The number of rotatable bonds is 8. The van der Waals surface area contributed by atoms with Crippen LogP contribution >= 0.6 is 23.2 Å². The van der Waals surface area contributed by atoms with E-state index in [1.807, 2.05) is 0 Å². The van der Waals surface area contributed by atoms with E-state index in [4.69, 9.17) is 27.6 Å². The highest BCUT2D eigenvalue weighted by molar-refractivity contribution is 7.81. The number of hydrogen-bond acceptors (Lipinski definition) is 4. The summed E-state index contributed by atoms with van der Waals surface area (Å²) >= 11 is 6.73. The third-order valence-electron chi connectivity index (χ3n) is 4.85. The van der Waals surface area contributed by atoms with Crippen LogP contribution in [0.2, 0.25) is 10.0 Å². The molecular formula is C23H17Cl2N3O6S2. The maximum atomic E-state index is 12.6. The lowest BCUT2D eigenvalue weighted by molar-refractivity contribution is 0.0996. The van der Waals surface area contributed by atoms with Crippen LogP contribution in [0.3, 0.4) is 0 Å². The van der Waals surface area contributed by atoms with Gasteiger partial charge in [0.15, 0.2) is 5.76 Å². The Morgan fingerprint density at radius 2 is 1.31 bits per heavy atom. The predicted molar refractivity (Wildman–Crippen MR) is 142 cm³/mol. The van der Waals surface area contributed by atoms with Crippen LogP contribution in [-0.2, 0) is 22.5 Å². The number of furan rings is 1. The number of amides is 1. The number of anilines is 5. The van der Waals surface area contributed by atoms with Gasteiger partial charge in [-0.1, -0.05) is 23.2 Å². The molecule has 0 saturated carbocycles. The van der Waals surface area contributed by atoms with E-state index < -0.39 is 28.4 Å². The first kappa shape index (κ1) is 25.9. The van der Waals surface area contributed by atoms with Crippen LogP contribution in [0.15, 0.2) is 89.5 Å². The first-order valence-corrected chi connectivity index (χ1v) is 12.9. The molecule has 2 unspecified atom stereocenters. The standard InChI is InChI=1S/C23H17Cl2N3O6S2/c24-15-3-8-18(9-4-15)27(35(30)31)20-12-7-17(26-23(29)22-2-1-13-34-22)14-21(20)28(36(32)33)19-10-5-16(25)6-11-19/h1-14H,(H,26,29)(H,30,31)(H,32,33). The average molecular weight is 566 g/mol. The van der Waals surface area contributed by atoms with Gasteiger partial charge >= 0.3 is 0 Å². The van der Waals surface area contributed by atoms with Crippen molar-refractivity contribution in [2.75, 3.05) is 13.9 Å². The zero-order valence-electron chi connectivity index (χ0n) is 18.1. The van der Waals surface area contributed by atoms with E-state index in [2.05, 4.69) is 5.32 Å². The summed E-state index contributed by atoms with van der Waals surface area (Å²) in [5.74, 6) is -0.498. The number of benzene rings is 3. The summed E-state index contributed by atoms with van der Waals surface area (Å²) < 4.78 is 52.6. The van der Waals surface area contributed by atoms with Gasteiger partial charge in [-0.15, -0.1) is 0 Å². The Morgan fingerprint density at radius 3 is 1.78 bits per heavy atom. The van der Waals surface area contributed by atoms with Crippen molar-refractivity contribution in [2.24, 2.45) is 0 Å². The number of nitrogens with one attached hydrogen (secondary N) is 1. The second-order valence-electron chi connectivity index (χ2n) is 7.14. The summed E-state index contributed by atoms with van der Waals surface area (Å²) in [5, 5.41) is 3.47. The van der Waals surface area contributed by atoms with Crippen molar-refractivity contribution in [1.29, 1.82) is 0 Å². The Balaban J connectivity index is 1.88. The van der Waals surface area contributed by atoms with E-state index in [9.17, 15) is 22.3 Å². The van der Waals surface area contributed by atoms with E-state index in [1.54, 1.807) is 6.07 Å². The topological polar surface area (TPSA) is 123 Å². The van der Waals surface area contributed by atoms with Crippen molar-refractivity contribution < 1.29 is 26.7 Å². The van der Waals surface area contributed by atoms with E-state index in [0.29, 0.717) is 10.0 Å². The molecule has 0 saturated heterocycles. The van der Waals surface area contributed by atoms with Gasteiger partial charge < -0.3 is 9.73 Å². The number of carbonyl (C=O) groups excluding carboxylic acids is 1. The van der Waals surface area contributed by atoms with Crippen LogP contribution in [0.5, 0.6) is 0 Å². The largest absolute Gasteiger partial charge is 0.459 e. The fourth-order valence-corrected chi connectivity index (χ4v) is 4.81. The molecule has 0 aliphatic rings. The van der Waals surface area contributed by atoms with Crippen LogP contribution in [0.4, 0.5) is 28.4 Å². The number of hydrogen-bond donors (Lipinski definition) is 3. The minimum atomic E-state index is -2.63. The summed E-state index contributed by atoms with van der Waals surface area (Å²) in [6.45, 7) is 0. The molecule has 0 spiro atoms. The van der Waals surface area contributed by atoms with Crippen molar-refractivity contribution in [3.05, 3.63) is 101 Å². The number of carbonyl (C=O) groups is 1. The van der Waals surface area contributed by atoms with Gasteiger partial charge in [0.2, 0.25) is 0 Å². The Labute approximate surface area is 221 Å². The third-order valence-corrected chi connectivity index (χ3v) is 6.79. The molecular weight excluding hydrogens is 549 g/mol. The lowest BCUT2D eigenvalue weighted by atomic mass is 10.2. The monoisotopic (exact) mass is 565 g/mol. The third kappa shape index (κ3) is 5.78. The van der Waals surface area contributed by atoms with Crippen molar-refractivity contribution in [1.82, 2.24) is 0 Å². The highest BCUT2D eigenvalue weighted by atomic mass is 35.5. The van der Waals surface area contributed by atoms with Crippen molar-refractivity contribution >= 4 is 80.1 Å². The molecule has 9 nitrogen and oxygen atoms in total. The van der Waals surface area contributed by atoms with Gasteiger partial charge in [-0.05, 0) is 78.9 Å². The fourth-order valence-electron chi connectivity index (χ4n) is 3.32. The Morgan fingerprint density at radius 1 is 0.778 bits per heavy atom. The van der Waals surface area contributed by atoms with Crippen LogP contribution in [0, 0.1) is 0 Å². The van der Waals surface area contributed by atoms with Gasteiger partial charge in [0.25, 0.3) is 28.4 Å². The average Bonchev–Trinajstić information content (AvgIpc) is 3.38. The predicted octanol–water partition coefficient (Wildman–Crippen LogP) is 6.39. The zero-order valence-corrected chi connectivity index (χ0v) is 21.2. The van der Waals surface area contributed by atoms with Crippen molar-refractivity contribution in [3.63, 3.8) is 0 Å². The Kier molecular flexibility index (Phi) is 8.09. The van der Waals surface area contributed by atoms with Crippen LogP contribution < -0.4 is 13.9 Å². The van der Waals surface area contributed by atoms with E-state index in [-0.39, 0.29) is 34.2 Å². The first-order valence-electron chi connectivity index (χ1n) is 10.1. The molecule has 13 heteroatoms. The van der Waals surface area contributed by atoms with Crippen LogP contribution in [0.1, 0.15) is 10.6 Å². The molecule has 2 atom stereocenters. The molecule has 3 N–H and O–H groups in total. The molecule has 4 aromatic rings. The molecule has 3 aromatic carbocycles. The highest BCUT2D eigenvalue weighted by Crippen LogP contribution is 2.41. The summed E-state index contributed by atoms with van der Waals surface area (Å²) in [6, 6.07) is 19.5. The quantitative estimate of drug-likeness (QED) is 0.213. The highest BCUT2D eigenvalue weighted by Gasteiger charge is 2.26. The maximum absolute atomic E-state index is 12.6. The lowest BCUT2D eigenvalue weighted by Crippen LogP contribution is -2.25. The number of nitrogens with zero attached hydrogens (tertiary/aromatic N) is 2. The molecule has 0 aliphatic heterocycles. The molecule has 1 aromatic heterocycles. The van der Waals surface area contributed by atoms with Crippen molar-refractivity contribution in [2.45, 2.75) is 0 Å².